The van der Waals surface area contributed by atoms with E-state index in [2.05, 4.69) is 0 Å². The maximum absolute atomic E-state index is 11.8. The first-order valence-corrected chi connectivity index (χ1v) is 6.80. The Bertz CT molecular complexity index is 467. The van der Waals surface area contributed by atoms with Gasteiger partial charge in [-0.15, -0.1) is 11.3 Å². The van der Waals surface area contributed by atoms with Crippen LogP contribution in [0.25, 0.3) is 0 Å². The summed E-state index contributed by atoms with van der Waals surface area (Å²) >= 11 is 0.816. The summed E-state index contributed by atoms with van der Waals surface area (Å²) in [5.74, 6) is 0. The summed E-state index contributed by atoms with van der Waals surface area (Å²) in [5.41, 5.74) is 0. The lowest BCUT2D eigenvalue weighted by Gasteiger charge is -2.07. The maximum atomic E-state index is 11.8. The van der Waals surface area contributed by atoms with Crippen LogP contribution in [-0.4, -0.2) is 26.2 Å². The number of halogens is 3. The Morgan fingerprint density at radius 2 is 2.00 bits per heavy atom. The summed E-state index contributed by atoms with van der Waals surface area (Å²) in [6.45, 7) is -0.999. The average molecular weight is 289 g/mol. The number of alkyl halides is 3. The fraction of sp³-hybridized carbons (Fsp3) is 0.500. The second kappa shape index (κ2) is 5.34. The minimum atomic E-state index is -4.39. The molecule has 1 rings (SSSR count). The van der Waals surface area contributed by atoms with E-state index in [0.717, 1.165) is 11.3 Å². The van der Waals surface area contributed by atoms with Crippen molar-refractivity contribution in [2.75, 3.05) is 6.54 Å². The normalized spacial score (nSPS) is 12.9. The summed E-state index contributed by atoms with van der Waals surface area (Å²) in [6.07, 6.45) is -5.61. The summed E-state index contributed by atoms with van der Waals surface area (Å²) in [7, 11) is -3.91. The number of hydrogen-bond acceptors (Lipinski definition) is 4. The molecule has 0 aliphatic carbocycles. The first-order valence-electron chi connectivity index (χ1n) is 4.50. The minimum Gasteiger partial charge on any atom is -0.391 e. The van der Waals surface area contributed by atoms with Crippen LogP contribution < -0.4 is 4.72 Å². The van der Waals surface area contributed by atoms with E-state index in [1.807, 2.05) is 4.72 Å². The first kappa shape index (κ1) is 14.4. The van der Waals surface area contributed by atoms with Crippen molar-refractivity contribution in [2.24, 2.45) is 0 Å². The second-order valence-corrected chi connectivity index (χ2v) is 6.30. The highest BCUT2D eigenvalue weighted by atomic mass is 32.2. The van der Waals surface area contributed by atoms with Crippen LogP contribution in [0.2, 0.25) is 0 Å². The monoisotopic (exact) mass is 289 g/mol. The lowest BCUT2D eigenvalue weighted by molar-refractivity contribution is -0.132. The molecule has 17 heavy (non-hydrogen) atoms. The zero-order valence-electron chi connectivity index (χ0n) is 8.49. The molecule has 0 saturated heterocycles. The number of aliphatic hydroxyl groups excluding tert-OH is 1. The van der Waals surface area contributed by atoms with E-state index in [1.54, 1.807) is 0 Å². The first-order chi connectivity index (χ1) is 7.74. The smallest absolute Gasteiger partial charge is 0.390 e. The molecule has 2 N–H and O–H groups in total. The zero-order valence-corrected chi connectivity index (χ0v) is 10.1. The summed E-state index contributed by atoms with van der Waals surface area (Å²) in [6, 6.07) is 2.65. The van der Waals surface area contributed by atoms with Crippen molar-refractivity contribution in [2.45, 2.75) is 23.4 Å². The zero-order chi connectivity index (χ0) is 13.1. The van der Waals surface area contributed by atoms with Crippen LogP contribution in [0, 0.1) is 0 Å². The van der Waals surface area contributed by atoms with E-state index in [-0.39, 0.29) is 10.8 Å². The van der Waals surface area contributed by atoms with Crippen molar-refractivity contribution in [3.63, 3.8) is 0 Å². The van der Waals surface area contributed by atoms with Gasteiger partial charge < -0.3 is 5.11 Å². The topological polar surface area (TPSA) is 66.4 Å². The number of nitrogens with one attached hydrogen (secondary N) is 1. The number of rotatable bonds is 5. The molecule has 0 bridgehead atoms. The van der Waals surface area contributed by atoms with Crippen LogP contribution in [0.3, 0.4) is 0 Å². The van der Waals surface area contributed by atoms with Gasteiger partial charge in [0.15, 0.2) is 0 Å². The van der Waals surface area contributed by atoms with Crippen molar-refractivity contribution >= 4 is 21.4 Å². The van der Waals surface area contributed by atoms with Gasteiger partial charge in [-0.3, -0.25) is 0 Å². The van der Waals surface area contributed by atoms with Crippen molar-refractivity contribution in [3.05, 3.63) is 17.0 Å². The minimum absolute atomic E-state index is 0.108. The molecular formula is C8H10F3NO3S2. The van der Waals surface area contributed by atoms with Crippen LogP contribution in [-0.2, 0) is 16.6 Å². The molecule has 0 aromatic carbocycles. The summed E-state index contributed by atoms with van der Waals surface area (Å²) in [5, 5.41) is 8.75. The van der Waals surface area contributed by atoms with E-state index in [9.17, 15) is 21.6 Å². The van der Waals surface area contributed by atoms with Crippen LogP contribution >= 0.6 is 11.3 Å². The SMILES string of the molecule is O=S(=O)(NCCC(F)(F)F)c1ccc(CO)s1. The molecule has 1 heterocycles. The highest BCUT2D eigenvalue weighted by Gasteiger charge is 2.27. The van der Waals surface area contributed by atoms with Gasteiger partial charge in [-0.2, -0.15) is 13.2 Å². The number of thiophene rings is 1. The molecule has 4 nitrogen and oxygen atoms in total. The number of aliphatic hydroxyl groups is 1. The van der Waals surface area contributed by atoms with Gasteiger partial charge in [-0.1, -0.05) is 0 Å². The summed E-state index contributed by atoms with van der Waals surface area (Å²) < 4.78 is 60.2. The number of hydrogen-bond donors (Lipinski definition) is 2. The molecule has 0 atom stereocenters. The predicted molar refractivity (Wildman–Crippen MR) is 56.1 cm³/mol. The van der Waals surface area contributed by atoms with E-state index in [4.69, 9.17) is 5.11 Å². The molecule has 0 fully saturated rings. The molecule has 0 amide bonds. The van der Waals surface area contributed by atoms with Gasteiger partial charge in [0.1, 0.15) is 4.21 Å². The predicted octanol–water partition coefficient (Wildman–Crippen LogP) is 1.47. The van der Waals surface area contributed by atoms with Gasteiger partial charge in [0.25, 0.3) is 0 Å². The van der Waals surface area contributed by atoms with E-state index < -0.39 is 29.2 Å². The fourth-order valence-corrected chi connectivity index (χ4v) is 3.28. The van der Waals surface area contributed by atoms with Crippen LogP contribution in [0.4, 0.5) is 13.2 Å². The standard InChI is InChI=1S/C8H10F3NO3S2/c9-8(10,11)3-4-12-17(14,15)7-2-1-6(5-13)16-7/h1-2,12-13H,3-5H2. The van der Waals surface area contributed by atoms with Gasteiger partial charge in [0.05, 0.1) is 13.0 Å². The Morgan fingerprint density at radius 3 is 2.47 bits per heavy atom. The molecule has 0 unspecified atom stereocenters. The molecule has 1 aromatic heterocycles. The molecule has 9 heteroatoms. The largest absolute Gasteiger partial charge is 0.391 e. The van der Waals surface area contributed by atoms with Crippen molar-refractivity contribution in [1.82, 2.24) is 4.72 Å². The highest BCUT2D eigenvalue weighted by molar-refractivity contribution is 7.91. The van der Waals surface area contributed by atoms with Gasteiger partial charge in [0, 0.05) is 11.4 Å². The van der Waals surface area contributed by atoms with E-state index in [0.29, 0.717) is 4.88 Å². The van der Waals surface area contributed by atoms with E-state index in [1.165, 1.54) is 12.1 Å². The molecule has 1 aromatic rings. The summed E-state index contributed by atoms with van der Waals surface area (Å²) in [4.78, 5) is 0.432. The lowest BCUT2D eigenvalue weighted by Crippen LogP contribution is -2.27. The Balaban J connectivity index is 2.63. The second-order valence-electron chi connectivity index (χ2n) is 3.14. The molecule has 0 radical (unpaired) electrons. The van der Waals surface area contributed by atoms with Crippen LogP contribution in [0.1, 0.15) is 11.3 Å². The molecule has 0 aliphatic rings. The highest BCUT2D eigenvalue weighted by Crippen LogP contribution is 2.22. The van der Waals surface area contributed by atoms with Gasteiger partial charge in [-0.25, -0.2) is 13.1 Å². The Kier molecular flexibility index (Phi) is 4.53. The molecule has 0 spiro atoms. The Hall–Kier alpha value is -0.640. The number of sulfonamides is 1. The van der Waals surface area contributed by atoms with Gasteiger partial charge in [0.2, 0.25) is 10.0 Å². The van der Waals surface area contributed by atoms with Gasteiger partial charge in [-0.05, 0) is 12.1 Å². The molecule has 98 valence electrons. The molecule has 0 aliphatic heterocycles. The maximum Gasteiger partial charge on any atom is 0.390 e. The fourth-order valence-electron chi connectivity index (χ4n) is 0.986. The molecule has 0 saturated carbocycles. The van der Waals surface area contributed by atoms with E-state index >= 15 is 0 Å². The Morgan fingerprint density at radius 1 is 1.35 bits per heavy atom. The van der Waals surface area contributed by atoms with Crippen LogP contribution in [0.15, 0.2) is 16.3 Å². The van der Waals surface area contributed by atoms with Crippen LogP contribution in [0.5, 0.6) is 0 Å². The average Bonchev–Trinajstić information content (AvgIpc) is 2.63. The lowest BCUT2D eigenvalue weighted by atomic mass is 10.4. The van der Waals surface area contributed by atoms with Crippen molar-refractivity contribution in [1.29, 1.82) is 0 Å². The third-order valence-electron chi connectivity index (χ3n) is 1.76. The van der Waals surface area contributed by atoms with Gasteiger partial charge >= 0.3 is 6.18 Å². The molecular weight excluding hydrogens is 279 g/mol. The quantitative estimate of drug-likeness (QED) is 0.862. The third-order valence-corrected chi connectivity index (χ3v) is 4.78. The third kappa shape index (κ3) is 4.62. The van der Waals surface area contributed by atoms with Crippen molar-refractivity contribution in [3.8, 4) is 0 Å². The Labute approximate surface area is 100 Å². The van der Waals surface area contributed by atoms with Crippen molar-refractivity contribution < 1.29 is 26.7 Å².